The van der Waals surface area contributed by atoms with E-state index in [2.05, 4.69) is 15.3 Å². The van der Waals surface area contributed by atoms with Gasteiger partial charge in [-0.1, -0.05) is 12.8 Å². The zero-order valence-electron chi connectivity index (χ0n) is 15.1. The molecule has 1 saturated heterocycles. The maximum absolute atomic E-state index is 12.6. The standard InChI is InChI=1S/C19H23N5O3/c25-18(15-12-21-17(13-20-15)22-14-4-1-2-5-14)23-7-9-24(10-8-23)19(26)16-6-3-11-27-16/h3,6,11-14H,1-2,4-5,7-10H2,(H,21,22). The van der Waals surface area contributed by atoms with Gasteiger partial charge in [-0.25, -0.2) is 9.97 Å². The summed E-state index contributed by atoms with van der Waals surface area (Å²) in [4.78, 5) is 36.9. The first-order valence-corrected chi connectivity index (χ1v) is 9.41. The average molecular weight is 369 g/mol. The molecule has 0 radical (unpaired) electrons. The number of nitrogens with one attached hydrogen (secondary N) is 1. The van der Waals surface area contributed by atoms with Crippen molar-refractivity contribution in [1.29, 1.82) is 0 Å². The van der Waals surface area contributed by atoms with E-state index in [9.17, 15) is 9.59 Å². The van der Waals surface area contributed by atoms with Crippen molar-refractivity contribution >= 4 is 17.6 Å². The SMILES string of the molecule is O=C(c1cnc(NC2CCCC2)cn1)N1CCN(C(=O)c2ccco2)CC1. The summed E-state index contributed by atoms with van der Waals surface area (Å²) in [6.07, 6.45) is 9.44. The van der Waals surface area contributed by atoms with Crippen LogP contribution < -0.4 is 5.32 Å². The lowest BCUT2D eigenvalue weighted by molar-refractivity contribution is 0.0515. The summed E-state index contributed by atoms with van der Waals surface area (Å²) in [5, 5.41) is 3.37. The predicted octanol–water partition coefficient (Wildman–Crippen LogP) is 2.02. The molecule has 2 aromatic heterocycles. The number of nitrogens with zero attached hydrogens (tertiary/aromatic N) is 4. The molecule has 3 heterocycles. The molecule has 1 aliphatic heterocycles. The highest BCUT2D eigenvalue weighted by Crippen LogP contribution is 2.21. The smallest absolute Gasteiger partial charge is 0.289 e. The molecule has 2 amide bonds. The first-order valence-electron chi connectivity index (χ1n) is 9.41. The van der Waals surface area contributed by atoms with Gasteiger partial charge in [-0.05, 0) is 25.0 Å². The molecule has 0 bridgehead atoms. The number of carbonyl (C=O) groups excluding carboxylic acids is 2. The van der Waals surface area contributed by atoms with Crippen molar-refractivity contribution in [2.24, 2.45) is 0 Å². The van der Waals surface area contributed by atoms with Crippen LogP contribution in [0, 0.1) is 0 Å². The van der Waals surface area contributed by atoms with Crippen LogP contribution in [0.4, 0.5) is 5.82 Å². The summed E-state index contributed by atoms with van der Waals surface area (Å²) in [7, 11) is 0. The summed E-state index contributed by atoms with van der Waals surface area (Å²) in [5.74, 6) is 0.743. The van der Waals surface area contributed by atoms with Crippen molar-refractivity contribution in [2.75, 3.05) is 31.5 Å². The first-order chi connectivity index (χ1) is 13.2. The van der Waals surface area contributed by atoms with Gasteiger partial charge < -0.3 is 19.5 Å². The fraction of sp³-hybridized carbons (Fsp3) is 0.474. The molecule has 1 N–H and O–H groups in total. The number of hydrogen-bond donors (Lipinski definition) is 1. The Kier molecular flexibility index (Phi) is 5.04. The van der Waals surface area contributed by atoms with E-state index in [0.29, 0.717) is 49.5 Å². The Hall–Kier alpha value is -2.90. The second kappa shape index (κ2) is 7.77. The predicted molar refractivity (Wildman–Crippen MR) is 98.4 cm³/mol. The average Bonchev–Trinajstić information content (AvgIpc) is 3.42. The first kappa shape index (κ1) is 17.5. The fourth-order valence-electron chi connectivity index (χ4n) is 3.62. The minimum Gasteiger partial charge on any atom is -0.459 e. The van der Waals surface area contributed by atoms with Crippen molar-refractivity contribution in [2.45, 2.75) is 31.7 Å². The van der Waals surface area contributed by atoms with Gasteiger partial charge in [-0.2, -0.15) is 0 Å². The molecule has 8 heteroatoms. The van der Waals surface area contributed by atoms with Crippen molar-refractivity contribution in [3.63, 3.8) is 0 Å². The molecule has 27 heavy (non-hydrogen) atoms. The number of furan rings is 1. The van der Waals surface area contributed by atoms with Crippen LogP contribution in [0.5, 0.6) is 0 Å². The molecular formula is C19H23N5O3. The van der Waals surface area contributed by atoms with E-state index in [1.165, 1.54) is 25.3 Å². The van der Waals surface area contributed by atoms with Crippen LogP contribution in [0.3, 0.4) is 0 Å². The van der Waals surface area contributed by atoms with Crippen molar-refractivity contribution < 1.29 is 14.0 Å². The van der Waals surface area contributed by atoms with Gasteiger partial charge in [0.2, 0.25) is 0 Å². The second-order valence-corrected chi connectivity index (χ2v) is 6.97. The van der Waals surface area contributed by atoms with Crippen LogP contribution in [0.25, 0.3) is 0 Å². The number of aromatic nitrogens is 2. The molecule has 0 aromatic carbocycles. The van der Waals surface area contributed by atoms with Crippen LogP contribution in [0.1, 0.15) is 46.7 Å². The Morgan fingerprint density at radius 2 is 1.70 bits per heavy atom. The topological polar surface area (TPSA) is 91.6 Å². The van der Waals surface area contributed by atoms with Gasteiger partial charge in [0.25, 0.3) is 11.8 Å². The summed E-state index contributed by atoms with van der Waals surface area (Å²) in [5.41, 5.74) is 0.331. The van der Waals surface area contributed by atoms with E-state index in [1.54, 1.807) is 28.1 Å². The van der Waals surface area contributed by atoms with E-state index in [1.807, 2.05) is 0 Å². The van der Waals surface area contributed by atoms with E-state index in [4.69, 9.17) is 4.42 Å². The fourth-order valence-corrected chi connectivity index (χ4v) is 3.62. The molecule has 1 saturated carbocycles. The molecule has 4 rings (SSSR count). The summed E-state index contributed by atoms with van der Waals surface area (Å²) in [6, 6.07) is 3.80. The van der Waals surface area contributed by atoms with E-state index in [0.717, 1.165) is 12.8 Å². The molecule has 142 valence electrons. The second-order valence-electron chi connectivity index (χ2n) is 6.97. The van der Waals surface area contributed by atoms with Gasteiger partial charge in [0.05, 0.1) is 18.7 Å². The van der Waals surface area contributed by atoms with Gasteiger partial charge >= 0.3 is 0 Å². The van der Waals surface area contributed by atoms with Gasteiger partial charge in [-0.3, -0.25) is 9.59 Å². The third-order valence-electron chi connectivity index (χ3n) is 5.16. The zero-order chi connectivity index (χ0) is 18.6. The largest absolute Gasteiger partial charge is 0.459 e. The number of amides is 2. The van der Waals surface area contributed by atoms with Crippen molar-refractivity contribution in [3.05, 3.63) is 42.2 Å². The van der Waals surface area contributed by atoms with Gasteiger partial charge in [-0.15, -0.1) is 0 Å². The number of carbonyl (C=O) groups is 2. The van der Waals surface area contributed by atoms with Gasteiger partial charge in [0, 0.05) is 32.2 Å². The molecular weight excluding hydrogens is 346 g/mol. The maximum atomic E-state index is 12.6. The lowest BCUT2D eigenvalue weighted by Gasteiger charge is -2.34. The monoisotopic (exact) mass is 369 g/mol. The van der Waals surface area contributed by atoms with Crippen molar-refractivity contribution in [3.8, 4) is 0 Å². The van der Waals surface area contributed by atoms with Crippen LogP contribution in [-0.4, -0.2) is 63.8 Å². The lowest BCUT2D eigenvalue weighted by Crippen LogP contribution is -2.50. The van der Waals surface area contributed by atoms with Crippen molar-refractivity contribution in [1.82, 2.24) is 19.8 Å². The third kappa shape index (κ3) is 3.94. The van der Waals surface area contributed by atoms with Gasteiger partial charge in [0.15, 0.2) is 5.76 Å². The van der Waals surface area contributed by atoms with Crippen LogP contribution in [0.15, 0.2) is 35.2 Å². The zero-order valence-corrected chi connectivity index (χ0v) is 15.1. The van der Waals surface area contributed by atoms with Crippen LogP contribution in [0.2, 0.25) is 0 Å². The van der Waals surface area contributed by atoms with Crippen LogP contribution >= 0.6 is 0 Å². The molecule has 2 aliphatic rings. The number of anilines is 1. The molecule has 0 atom stereocenters. The van der Waals surface area contributed by atoms with E-state index >= 15 is 0 Å². The molecule has 8 nitrogen and oxygen atoms in total. The van der Waals surface area contributed by atoms with Gasteiger partial charge in [0.1, 0.15) is 11.5 Å². The van der Waals surface area contributed by atoms with Crippen LogP contribution in [-0.2, 0) is 0 Å². The highest BCUT2D eigenvalue weighted by Gasteiger charge is 2.27. The molecule has 0 unspecified atom stereocenters. The minimum atomic E-state index is -0.153. The molecule has 0 spiro atoms. The number of rotatable bonds is 4. The molecule has 1 aliphatic carbocycles. The number of piperazine rings is 1. The lowest BCUT2D eigenvalue weighted by atomic mass is 10.2. The van der Waals surface area contributed by atoms with E-state index in [-0.39, 0.29) is 11.8 Å². The normalized spacial score (nSPS) is 17.9. The Morgan fingerprint density at radius 1 is 1.00 bits per heavy atom. The van der Waals surface area contributed by atoms with E-state index < -0.39 is 0 Å². The third-order valence-corrected chi connectivity index (χ3v) is 5.16. The quantitative estimate of drug-likeness (QED) is 0.887. The Balaban J connectivity index is 1.31. The summed E-state index contributed by atoms with van der Waals surface area (Å²) < 4.78 is 5.15. The Bertz CT molecular complexity index is 776. The highest BCUT2D eigenvalue weighted by molar-refractivity contribution is 5.93. The number of hydrogen-bond acceptors (Lipinski definition) is 6. The maximum Gasteiger partial charge on any atom is 0.289 e. The Morgan fingerprint density at radius 3 is 2.30 bits per heavy atom. The molecule has 2 aromatic rings. The summed E-state index contributed by atoms with van der Waals surface area (Å²) >= 11 is 0. The Labute approximate surface area is 157 Å². The minimum absolute atomic E-state index is 0.144. The highest BCUT2D eigenvalue weighted by atomic mass is 16.3. The summed E-state index contributed by atoms with van der Waals surface area (Å²) in [6.45, 7) is 1.88. The molecule has 2 fully saturated rings.